The van der Waals surface area contributed by atoms with Crippen LogP contribution in [0.15, 0.2) is 48.1 Å². The lowest BCUT2D eigenvalue weighted by Gasteiger charge is -2.12. The van der Waals surface area contributed by atoms with Gasteiger partial charge in [0.15, 0.2) is 0 Å². The van der Waals surface area contributed by atoms with Crippen molar-refractivity contribution < 1.29 is 0 Å². The molecule has 1 atom stereocenters. The lowest BCUT2D eigenvalue weighted by molar-refractivity contribution is 0.723. The molecule has 1 aromatic carbocycles. The third-order valence-electron chi connectivity index (χ3n) is 2.96. The van der Waals surface area contributed by atoms with Crippen molar-refractivity contribution in [3.8, 4) is 0 Å². The Morgan fingerprint density at radius 2 is 2.00 bits per heavy atom. The van der Waals surface area contributed by atoms with Gasteiger partial charge in [0.25, 0.3) is 0 Å². The van der Waals surface area contributed by atoms with Crippen LogP contribution in [0.1, 0.15) is 16.6 Å². The van der Waals surface area contributed by atoms with Gasteiger partial charge in [0.2, 0.25) is 0 Å². The zero-order chi connectivity index (χ0) is 12.4. The number of para-hydroxylation sites is 1. The van der Waals surface area contributed by atoms with Crippen molar-refractivity contribution in [1.82, 2.24) is 9.97 Å². The van der Waals surface area contributed by atoms with E-state index in [1.807, 2.05) is 42.0 Å². The second-order valence-corrected chi connectivity index (χ2v) is 5.13. The van der Waals surface area contributed by atoms with E-state index in [0.717, 1.165) is 27.9 Å². The van der Waals surface area contributed by atoms with E-state index in [9.17, 15) is 0 Å². The first-order valence-electron chi connectivity index (χ1n) is 5.82. The third kappa shape index (κ3) is 2.12. The van der Waals surface area contributed by atoms with Gasteiger partial charge < -0.3 is 5.73 Å². The van der Waals surface area contributed by atoms with Crippen molar-refractivity contribution in [2.75, 3.05) is 0 Å². The molecule has 3 nitrogen and oxygen atoms in total. The van der Waals surface area contributed by atoms with Crippen molar-refractivity contribution in [2.24, 2.45) is 5.73 Å². The number of pyridine rings is 1. The smallest absolute Gasteiger partial charge is 0.0943 e. The standard InChI is InChI=1S/C14H13N3S/c15-12(9-14-17-7-8-18-14)10-5-6-16-13-4-2-1-3-11(10)13/h1-8,12H,9,15H2. The Morgan fingerprint density at radius 3 is 2.83 bits per heavy atom. The molecule has 0 radical (unpaired) electrons. The SMILES string of the molecule is NC(Cc1nccs1)c1ccnc2ccccc12. The van der Waals surface area contributed by atoms with Crippen LogP contribution in [-0.4, -0.2) is 9.97 Å². The molecule has 4 heteroatoms. The highest BCUT2D eigenvalue weighted by atomic mass is 32.1. The fraction of sp³-hybridized carbons (Fsp3) is 0.143. The van der Waals surface area contributed by atoms with Crippen molar-refractivity contribution in [2.45, 2.75) is 12.5 Å². The summed E-state index contributed by atoms with van der Waals surface area (Å²) in [5.74, 6) is 0. The highest BCUT2D eigenvalue weighted by molar-refractivity contribution is 7.09. The van der Waals surface area contributed by atoms with Crippen LogP contribution >= 0.6 is 11.3 Å². The van der Waals surface area contributed by atoms with Crippen LogP contribution in [0.4, 0.5) is 0 Å². The largest absolute Gasteiger partial charge is 0.324 e. The molecule has 18 heavy (non-hydrogen) atoms. The average molecular weight is 255 g/mol. The van der Waals surface area contributed by atoms with Crippen LogP contribution in [0.25, 0.3) is 10.9 Å². The lowest BCUT2D eigenvalue weighted by Crippen LogP contribution is -2.13. The molecule has 3 rings (SSSR count). The molecule has 0 amide bonds. The van der Waals surface area contributed by atoms with Crippen LogP contribution in [-0.2, 0) is 6.42 Å². The molecule has 0 spiro atoms. The Bertz CT molecular complexity index is 644. The number of nitrogens with two attached hydrogens (primary N) is 1. The van der Waals surface area contributed by atoms with Crippen LogP contribution in [0.2, 0.25) is 0 Å². The molecule has 2 heterocycles. The van der Waals surface area contributed by atoms with Gasteiger partial charge in [-0.25, -0.2) is 4.98 Å². The summed E-state index contributed by atoms with van der Waals surface area (Å²) in [7, 11) is 0. The van der Waals surface area contributed by atoms with Gasteiger partial charge in [-0.05, 0) is 17.7 Å². The van der Waals surface area contributed by atoms with Gasteiger partial charge in [-0.2, -0.15) is 0 Å². The monoisotopic (exact) mass is 255 g/mol. The molecule has 1 unspecified atom stereocenters. The molecule has 2 N–H and O–H groups in total. The van der Waals surface area contributed by atoms with Gasteiger partial charge in [0.05, 0.1) is 10.5 Å². The summed E-state index contributed by atoms with van der Waals surface area (Å²) in [6.07, 6.45) is 4.41. The molecule has 0 aliphatic carbocycles. The van der Waals surface area contributed by atoms with Crippen LogP contribution < -0.4 is 5.73 Å². The summed E-state index contributed by atoms with van der Waals surface area (Å²) in [4.78, 5) is 8.64. The van der Waals surface area contributed by atoms with E-state index in [0.29, 0.717) is 0 Å². The molecule has 2 aromatic heterocycles. The van der Waals surface area contributed by atoms with Gasteiger partial charge in [0, 0.05) is 35.6 Å². The molecule has 0 bridgehead atoms. The van der Waals surface area contributed by atoms with Gasteiger partial charge in [-0.1, -0.05) is 18.2 Å². The van der Waals surface area contributed by atoms with Gasteiger partial charge in [-0.15, -0.1) is 11.3 Å². The second-order valence-electron chi connectivity index (χ2n) is 4.15. The van der Waals surface area contributed by atoms with E-state index in [-0.39, 0.29) is 6.04 Å². The predicted octanol–water partition coefficient (Wildman–Crippen LogP) is 2.93. The Hall–Kier alpha value is -1.78. The number of hydrogen-bond donors (Lipinski definition) is 1. The normalized spacial score (nSPS) is 12.7. The fourth-order valence-corrected chi connectivity index (χ4v) is 2.77. The highest BCUT2D eigenvalue weighted by Gasteiger charge is 2.12. The zero-order valence-electron chi connectivity index (χ0n) is 9.78. The van der Waals surface area contributed by atoms with Crippen LogP contribution in [0.5, 0.6) is 0 Å². The number of thiazole rings is 1. The first kappa shape index (κ1) is 11.3. The van der Waals surface area contributed by atoms with Gasteiger partial charge in [0.1, 0.15) is 0 Å². The minimum atomic E-state index is -0.0379. The number of rotatable bonds is 3. The molecular formula is C14H13N3S. The summed E-state index contributed by atoms with van der Waals surface area (Å²) >= 11 is 1.64. The van der Waals surface area contributed by atoms with E-state index in [4.69, 9.17) is 5.73 Å². The van der Waals surface area contributed by atoms with E-state index in [2.05, 4.69) is 16.0 Å². The van der Waals surface area contributed by atoms with Crippen molar-refractivity contribution in [1.29, 1.82) is 0 Å². The summed E-state index contributed by atoms with van der Waals surface area (Å²) in [6.45, 7) is 0. The maximum atomic E-state index is 6.29. The lowest BCUT2D eigenvalue weighted by atomic mass is 10.0. The Labute approximate surface area is 109 Å². The number of aromatic nitrogens is 2. The quantitative estimate of drug-likeness (QED) is 0.783. The number of nitrogens with zero attached hydrogens (tertiary/aromatic N) is 2. The molecule has 0 aliphatic rings. The minimum absolute atomic E-state index is 0.0379. The minimum Gasteiger partial charge on any atom is -0.324 e. The molecule has 0 saturated carbocycles. The van der Waals surface area contributed by atoms with Crippen molar-refractivity contribution >= 4 is 22.2 Å². The molecule has 0 fully saturated rings. The highest BCUT2D eigenvalue weighted by Crippen LogP contribution is 2.24. The van der Waals surface area contributed by atoms with Crippen molar-refractivity contribution in [3.05, 3.63) is 58.7 Å². The first-order chi connectivity index (χ1) is 8.84. The summed E-state index contributed by atoms with van der Waals surface area (Å²) < 4.78 is 0. The Kier molecular flexibility index (Phi) is 3.04. The molecule has 3 aromatic rings. The van der Waals surface area contributed by atoms with Gasteiger partial charge in [-0.3, -0.25) is 4.98 Å². The van der Waals surface area contributed by atoms with Gasteiger partial charge >= 0.3 is 0 Å². The zero-order valence-corrected chi connectivity index (χ0v) is 10.6. The fourth-order valence-electron chi connectivity index (χ4n) is 2.09. The molecule has 90 valence electrons. The summed E-state index contributed by atoms with van der Waals surface area (Å²) in [5.41, 5.74) is 8.42. The van der Waals surface area contributed by atoms with Crippen LogP contribution in [0, 0.1) is 0 Å². The first-order valence-corrected chi connectivity index (χ1v) is 6.70. The number of benzene rings is 1. The number of hydrogen-bond acceptors (Lipinski definition) is 4. The number of fused-ring (bicyclic) bond motifs is 1. The summed E-state index contributed by atoms with van der Waals surface area (Å²) in [5, 5.41) is 4.18. The topological polar surface area (TPSA) is 51.8 Å². The third-order valence-corrected chi connectivity index (χ3v) is 3.76. The molecular weight excluding hydrogens is 242 g/mol. The second kappa shape index (κ2) is 4.84. The van der Waals surface area contributed by atoms with E-state index in [1.54, 1.807) is 11.3 Å². The summed E-state index contributed by atoms with van der Waals surface area (Å²) in [6, 6.07) is 10.0. The van der Waals surface area contributed by atoms with Crippen molar-refractivity contribution in [3.63, 3.8) is 0 Å². The maximum absolute atomic E-state index is 6.29. The van der Waals surface area contributed by atoms with E-state index >= 15 is 0 Å². The Balaban J connectivity index is 1.98. The predicted molar refractivity (Wildman–Crippen MR) is 74.5 cm³/mol. The molecule has 0 saturated heterocycles. The van der Waals surface area contributed by atoms with Crippen LogP contribution in [0.3, 0.4) is 0 Å². The average Bonchev–Trinajstić information content (AvgIpc) is 2.91. The van der Waals surface area contributed by atoms with E-state index < -0.39 is 0 Å². The van der Waals surface area contributed by atoms with E-state index in [1.165, 1.54) is 0 Å². The maximum Gasteiger partial charge on any atom is 0.0943 e. The Morgan fingerprint density at radius 1 is 1.11 bits per heavy atom. The molecule has 0 aliphatic heterocycles.